The molecule has 1 aromatic carbocycles. The van der Waals surface area contributed by atoms with Crippen molar-refractivity contribution in [3.63, 3.8) is 0 Å². The van der Waals surface area contributed by atoms with Gasteiger partial charge in [0.25, 0.3) is 0 Å². The molecule has 29 heavy (non-hydrogen) atoms. The summed E-state index contributed by atoms with van der Waals surface area (Å²) in [6.45, 7) is 2.38. The van der Waals surface area contributed by atoms with E-state index in [0.29, 0.717) is 0 Å². The van der Waals surface area contributed by atoms with Crippen molar-refractivity contribution in [3.8, 4) is 11.5 Å². The van der Waals surface area contributed by atoms with E-state index in [-0.39, 0.29) is 5.60 Å². The molecular formula is C21H25N5O3. The second kappa shape index (κ2) is 6.88. The minimum Gasteiger partial charge on any atom is -0.493 e. The number of ether oxygens (including phenoxy) is 3. The Bertz CT molecular complexity index is 1060. The van der Waals surface area contributed by atoms with Crippen LogP contribution in [0.2, 0.25) is 0 Å². The Hall–Kier alpha value is -2.87. The van der Waals surface area contributed by atoms with Gasteiger partial charge in [0.05, 0.1) is 39.0 Å². The molecule has 8 nitrogen and oxygen atoms in total. The van der Waals surface area contributed by atoms with Gasteiger partial charge in [0, 0.05) is 20.1 Å². The summed E-state index contributed by atoms with van der Waals surface area (Å²) < 4.78 is 19.4. The van der Waals surface area contributed by atoms with Crippen molar-refractivity contribution < 1.29 is 14.2 Å². The van der Waals surface area contributed by atoms with Crippen molar-refractivity contribution >= 4 is 17.1 Å². The number of benzene rings is 1. The first-order chi connectivity index (χ1) is 14.1. The van der Waals surface area contributed by atoms with E-state index in [0.717, 1.165) is 67.6 Å². The normalized spacial score (nSPS) is 18.1. The summed E-state index contributed by atoms with van der Waals surface area (Å²) in [5.41, 5.74) is 3.89. The highest BCUT2D eigenvalue weighted by Gasteiger charge is 2.42. The third kappa shape index (κ3) is 2.90. The smallest absolute Gasteiger partial charge is 0.227 e. The number of aryl methyl sites for hydroxylation is 1. The molecule has 0 amide bonds. The van der Waals surface area contributed by atoms with Gasteiger partial charge in [0.1, 0.15) is 5.52 Å². The number of hydrogen-bond acceptors (Lipinski definition) is 7. The summed E-state index contributed by atoms with van der Waals surface area (Å²) in [7, 11) is 5.30. The molecule has 3 aromatic rings. The first-order valence-corrected chi connectivity index (χ1v) is 9.92. The predicted octanol–water partition coefficient (Wildman–Crippen LogP) is 2.45. The van der Waals surface area contributed by atoms with Crippen molar-refractivity contribution in [1.29, 1.82) is 0 Å². The standard InChI is InChI=1S/C21H25N5O3/c1-25-13-23-16-12-22-20(24-19(16)25)26-7-5-21(6-8-26)15-11-18(28-3)17(27-2)10-14(15)4-9-29-21/h10-13H,4-9H2,1-3H3. The molecule has 152 valence electrons. The molecule has 0 bridgehead atoms. The van der Waals surface area contributed by atoms with Crippen LogP contribution in [0.5, 0.6) is 11.5 Å². The number of fused-ring (bicyclic) bond motifs is 3. The minimum absolute atomic E-state index is 0.291. The van der Waals surface area contributed by atoms with Gasteiger partial charge in [0.15, 0.2) is 17.1 Å². The second-order valence-corrected chi connectivity index (χ2v) is 7.68. The molecule has 0 unspecified atom stereocenters. The number of imidazole rings is 1. The topological polar surface area (TPSA) is 74.5 Å². The highest BCUT2D eigenvalue weighted by Crippen LogP contribution is 2.45. The van der Waals surface area contributed by atoms with Crippen molar-refractivity contribution in [2.45, 2.75) is 24.9 Å². The van der Waals surface area contributed by atoms with Crippen LogP contribution in [0.3, 0.4) is 0 Å². The van der Waals surface area contributed by atoms with Crippen LogP contribution in [0.15, 0.2) is 24.7 Å². The molecular weight excluding hydrogens is 370 g/mol. The van der Waals surface area contributed by atoms with E-state index in [4.69, 9.17) is 19.2 Å². The van der Waals surface area contributed by atoms with Gasteiger partial charge in [-0.15, -0.1) is 0 Å². The fourth-order valence-corrected chi connectivity index (χ4v) is 4.53. The zero-order valence-corrected chi connectivity index (χ0v) is 17.0. The molecule has 0 atom stereocenters. The average molecular weight is 395 g/mol. The first kappa shape index (κ1) is 18.2. The number of aromatic nitrogens is 4. The summed E-state index contributed by atoms with van der Waals surface area (Å²) in [4.78, 5) is 15.8. The lowest BCUT2D eigenvalue weighted by Gasteiger charge is -2.45. The summed E-state index contributed by atoms with van der Waals surface area (Å²) >= 11 is 0. The van der Waals surface area contributed by atoms with Gasteiger partial charge in [-0.25, -0.2) is 9.97 Å². The Balaban J connectivity index is 1.43. The first-order valence-electron chi connectivity index (χ1n) is 9.92. The molecule has 2 aromatic heterocycles. The predicted molar refractivity (Wildman–Crippen MR) is 109 cm³/mol. The van der Waals surface area contributed by atoms with Crippen LogP contribution in [-0.4, -0.2) is 53.4 Å². The van der Waals surface area contributed by atoms with Gasteiger partial charge in [-0.3, -0.25) is 0 Å². The SMILES string of the molecule is COc1cc2c(cc1OC)C1(CCN(c3ncc4ncn(C)c4n3)CC1)OCC2. The van der Waals surface area contributed by atoms with Crippen molar-refractivity contribution in [1.82, 2.24) is 19.5 Å². The Kier molecular flexibility index (Phi) is 4.31. The van der Waals surface area contributed by atoms with Gasteiger partial charge >= 0.3 is 0 Å². The van der Waals surface area contributed by atoms with Crippen LogP contribution in [0.4, 0.5) is 5.95 Å². The zero-order chi connectivity index (χ0) is 20.0. The zero-order valence-electron chi connectivity index (χ0n) is 17.0. The van der Waals surface area contributed by atoms with E-state index in [9.17, 15) is 0 Å². The van der Waals surface area contributed by atoms with Gasteiger partial charge in [-0.05, 0) is 42.5 Å². The van der Waals surface area contributed by atoms with Crippen LogP contribution in [-0.2, 0) is 23.8 Å². The third-order valence-corrected chi connectivity index (χ3v) is 6.15. The second-order valence-electron chi connectivity index (χ2n) is 7.68. The molecule has 4 heterocycles. The van der Waals surface area contributed by atoms with Crippen molar-refractivity contribution in [2.75, 3.05) is 38.8 Å². The Labute approximate surface area is 169 Å². The molecule has 8 heteroatoms. The van der Waals surface area contributed by atoms with E-state index >= 15 is 0 Å². The number of rotatable bonds is 3. The van der Waals surface area contributed by atoms with Crippen LogP contribution < -0.4 is 14.4 Å². The van der Waals surface area contributed by atoms with E-state index < -0.39 is 0 Å². The fourth-order valence-electron chi connectivity index (χ4n) is 4.53. The van der Waals surface area contributed by atoms with Gasteiger partial charge in [-0.2, -0.15) is 4.98 Å². The maximum Gasteiger partial charge on any atom is 0.227 e. The minimum atomic E-state index is -0.291. The van der Waals surface area contributed by atoms with E-state index in [1.165, 1.54) is 11.1 Å². The molecule has 0 N–H and O–H groups in total. The molecule has 2 aliphatic rings. The Morgan fingerprint density at radius 1 is 1.07 bits per heavy atom. The summed E-state index contributed by atoms with van der Waals surface area (Å²) in [6, 6.07) is 4.20. The Morgan fingerprint density at radius 2 is 1.83 bits per heavy atom. The lowest BCUT2D eigenvalue weighted by molar-refractivity contribution is -0.0769. The highest BCUT2D eigenvalue weighted by molar-refractivity contribution is 5.70. The Morgan fingerprint density at radius 3 is 2.59 bits per heavy atom. The van der Waals surface area contributed by atoms with Gasteiger partial charge in [0.2, 0.25) is 5.95 Å². The monoisotopic (exact) mass is 395 g/mol. The maximum atomic E-state index is 6.39. The van der Waals surface area contributed by atoms with Crippen LogP contribution >= 0.6 is 0 Å². The van der Waals surface area contributed by atoms with Crippen molar-refractivity contribution in [3.05, 3.63) is 35.8 Å². The van der Waals surface area contributed by atoms with Gasteiger partial charge < -0.3 is 23.7 Å². The molecule has 2 aliphatic heterocycles. The fraction of sp³-hybridized carbons (Fsp3) is 0.476. The number of methoxy groups -OCH3 is 2. The molecule has 1 fully saturated rings. The lowest BCUT2D eigenvalue weighted by atomic mass is 9.79. The van der Waals surface area contributed by atoms with E-state index in [1.807, 2.05) is 11.6 Å². The molecule has 1 saturated heterocycles. The molecule has 5 rings (SSSR count). The third-order valence-electron chi connectivity index (χ3n) is 6.15. The highest BCUT2D eigenvalue weighted by atomic mass is 16.5. The number of piperidine rings is 1. The summed E-state index contributed by atoms with van der Waals surface area (Å²) in [5, 5.41) is 0. The average Bonchev–Trinajstić information content (AvgIpc) is 3.14. The number of anilines is 1. The molecule has 0 saturated carbocycles. The van der Waals surface area contributed by atoms with E-state index in [1.54, 1.807) is 26.7 Å². The quantitative estimate of drug-likeness (QED) is 0.674. The van der Waals surface area contributed by atoms with Crippen LogP contribution in [0, 0.1) is 0 Å². The summed E-state index contributed by atoms with van der Waals surface area (Å²) in [5.74, 6) is 2.28. The van der Waals surface area contributed by atoms with Gasteiger partial charge in [-0.1, -0.05) is 0 Å². The summed E-state index contributed by atoms with van der Waals surface area (Å²) in [6.07, 6.45) is 6.21. The molecule has 0 radical (unpaired) electrons. The number of nitrogens with zero attached hydrogens (tertiary/aromatic N) is 5. The van der Waals surface area contributed by atoms with Crippen LogP contribution in [0.1, 0.15) is 24.0 Å². The number of hydrogen-bond donors (Lipinski definition) is 0. The van der Waals surface area contributed by atoms with Crippen LogP contribution in [0.25, 0.3) is 11.2 Å². The maximum absolute atomic E-state index is 6.39. The molecule has 1 spiro atoms. The van der Waals surface area contributed by atoms with Crippen molar-refractivity contribution in [2.24, 2.45) is 7.05 Å². The lowest BCUT2D eigenvalue weighted by Crippen LogP contribution is -2.47. The largest absolute Gasteiger partial charge is 0.493 e. The van der Waals surface area contributed by atoms with E-state index in [2.05, 4.69) is 27.0 Å². The molecule has 0 aliphatic carbocycles.